The summed E-state index contributed by atoms with van der Waals surface area (Å²) in [7, 11) is -3.49. The molecule has 9 N–H and O–H groups in total. The van der Waals surface area contributed by atoms with E-state index in [-0.39, 0.29) is 25.3 Å². The molecule has 0 bridgehead atoms. The van der Waals surface area contributed by atoms with Crippen molar-refractivity contribution < 1.29 is 28.9 Å². The Labute approximate surface area is 171 Å². The molecule has 0 heterocycles. The van der Waals surface area contributed by atoms with E-state index in [1.165, 1.54) is 6.92 Å². The van der Waals surface area contributed by atoms with Gasteiger partial charge in [-0.3, -0.25) is 18.9 Å². The summed E-state index contributed by atoms with van der Waals surface area (Å²) in [5.74, 6) is -2.31. The molecule has 12 heteroatoms. The van der Waals surface area contributed by atoms with Gasteiger partial charge in [0.05, 0.1) is 6.29 Å². The van der Waals surface area contributed by atoms with Crippen LogP contribution in [0.1, 0.15) is 45.4 Å². The lowest BCUT2D eigenvalue weighted by Crippen LogP contribution is -2.45. The number of nitrogens with two attached hydrogens (primary N) is 2. The fourth-order valence-electron chi connectivity index (χ4n) is 2.35. The standard InChI is InChI=1S/C17H36N5O6P/c1-13(22-15(23)7-6-14(19)17(25)26)16(24)21-12-29(27,28)11-5-4-10-20-9-3-2-8-18/h13-14,20H,2-12,18-19H2,1H3,(H,21,24)(H,22,23)(H,25,26)(H,27,28)/t13-,14-/m0/s1. The number of unbranched alkanes of at least 4 members (excludes halogenated alkanes) is 2. The van der Waals surface area contributed by atoms with Crippen molar-refractivity contribution >= 4 is 25.2 Å². The molecule has 0 fully saturated rings. The van der Waals surface area contributed by atoms with Gasteiger partial charge in [0.2, 0.25) is 19.2 Å². The van der Waals surface area contributed by atoms with Gasteiger partial charge in [0.15, 0.2) is 0 Å². The van der Waals surface area contributed by atoms with Crippen molar-refractivity contribution in [3.8, 4) is 0 Å². The van der Waals surface area contributed by atoms with Crippen LogP contribution in [0.3, 0.4) is 0 Å². The largest absolute Gasteiger partial charge is 0.480 e. The number of rotatable bonds is 17. The maximum atomic E-state index is 12.1. The molecule has 11 nitrogen and oxygen atoms in total. The van der Waals surface area contributed by atoms with Gasteiger partial charge < -0.3 is 37.4 Å². The van der Waals surface area contributed by atoms with Gasteiger partial charge in [-0.2, -0.15) is 0 Å². The van der Waals surface area contributed by atoms with Gasteiger partial charge in [-0.25, -0.2) is 0 Å². The summed E-state index contributed by atoms with van der Waals surface area (Å²) in [5, 5.41) is 16.7. The van der Waals surface area contributed by atoms with Crippen molar-refractivity contribution in [1.29, 1.82) is 0 Å². The molecule has 0 aromatic heterocycles. The van der Waals surface area contributed by atoms with E-state index < -0.39 is 37.2 Å². The minimum absolute atomic E-state index is 0.0524. The number of carboxylic acid groups (broad SMARTS) is 1. The average molecular weight is 437 g/mol. The molecule has 0 aliphatic heterocycles. The molecule has 0 aliphatic carbocycles. The van der Waals surface area contributed by atoms with E-state index in [0.717, 1.165) is 32.4 Å². The van der Waals surface area contributed by atoms with Gasteiger partial charge in [0.1, 0.15) is 12.1 Å². The predicted octanol–water partition coefficient (Wildman–Crippen LogP) is -0.864. The van der Waals surface area contributed by atoms with Crippen molar-refractivity contribution in [2.75, 3.05) is 32.1 Å². The van der Waals surface area contributed by atoms with Gasteiger partial charge in [0, 0.05) is 12.6 Å². The number of aliphatic carboxylic acids is 1. The van der Waals surface area contributed by atoms with Gasteiger partial charge in [-0.15, -0.1) is 0 Å². The molecule has 0 radical (unpaired) electrons. The first kappa shape index (κ1) is 27.5. The van der Waals surface area contributed by atoms with Crippen LogP contribution in [-0.4, -0.2) is 71.9 Å². The third kappa shape index (κ3) is 15.0. The zero-order chi connectivity index (χ0) is 22.3. The fourth-order valence-corrected chi connectivity index (χ4v) is 3.63. The van der Waals surface area contributed by atoms with Crippen LogP contribution in [0.5, 0.6) is 0 Å². The van der Waals surface area contributed by atoms with E-state index in [1.54, 1.807) is 0 Å². The molecule has 0 rings (SSSR count). The van der Waals surface area contributed by atoms with E-state index in [0.29, 0.717) is 13.0 Å². The number of carbonyl (C=O) groups is 3. The Hall–Kier alpha value is -1.52. The summed E-state index contributed by atoms with van der Waals surface area (Å²) in [5.41, 5.74) is 10.7. The van der Waals surface area contributed by atoms with Gasteiger partial charge in [-0.1, -0.05) is 0 Å². The van der Waals surface area contributed by atoms with Gasteiger partial charge >= 0.3 is 5.97 Å². The number of carbonyl (C=O) groups excluding carboxylic acids is 2. The SMILES string of the molecule is C[C@H](NC(=O)CC[C@H](N)C(=O)O)C(=O)NCP(=O)(O)CCCCNCCCCN. The topological polar surface area (TPSA) is 197 Å². The second-order valence-corrected chi connectivity index (χ2v) is 9.45. The van der Waals surface area contributed by atoms with Crippen molar-refractivity contribution in [3.63, 3.8) is 0 Å². The number of nitrogens with one attached hydrogen (secondary N) is 3. The number of amides is 2. The van der Waals surface area contributed by atoms with E-state index in [1.807, 2.05) is 0 Å². The Bertz CT molecular complexity index is 562. The van der Waals surface area contributed by atoms with Crippen molar-refractivity contribution in [3.05, 3.63) is 0 Å². The van der Waals surface area contributed by atoms with E-state index in [2.05, 4.69) is 16.0 Å². The molecule has 0 aromatic carbocycles. The van der Waals surface area contributed by atoms with E-state index in [4.69, 9.17) is 16.6 Å². The quantitative estimate of drug-likeness (QED) is 0.112. The summed E-state index contributed by atoms with van der Waals surface area (Å²) in [6.45, 7) is 3.73. The van der Waals surface area contributed by atoms with Crippen molar-refractivity contribution in [2.24, 2.45) is 11.5 Å². The Kier molecular flexibility index (Phi) is 14.5. The van der Waals surface area contributed by atoms with Gasteiger partial charge in [0.25, 0.3) is 0 Å². The lowest BCUT2D eigenvalue weighted by atomic mass is 10.1. The van der Waals surface area contributed by atoms with E-state index in [9.17, 15) is 23.8 Å². The molecule has 3 atom stereocenters. The van der Waals surface area contributed by atoms with Crippen LogP contribution < -0.4 is 27.4 Å². The zero-order valence-electron chi connectivity index (χ0n) is 17.1. The Morgan fingerprint density at radius 2 is 1.72 bits per heavy atom. The average Bonchev–Trinajstić information content (AvgIpc) is 2.66. The monoisotopic (exact) mass is 437 g/mol. The molecule has 0 saturated carbocycles. The maximum Gasteiger partial charge on any atom is 0.320 e. The molecular weight excluding hydrogens is 401 g/mol. The van der Waals surface area contributed by atoms with Crippen LogP contribution in [0.15, 0.2) is 0 Å². The first-order valence-electron chi connectivity index (χ1n) is 9.86. The molecule has 1 unspecified atom stereocenters. The smallest absolute Gasteiger partial charge is 0.320 e. The number of hydrogen-bond acceptors (Lipinski definition) is 7. The first-order valence-corrected chi connectivity index (χ1v) is 11.9. The molecule has 29 heavy (non-hydrogen) atoms. The Morgan fingerprint density at radius 1 is 1.10 bits per heavy atom. The highest BCUT2D eigenvalue weighted by Crippen LogP contribution is 2.39. The summed E-state index contributed by atoms with van der Waals surface area (Å²) in [6, 6.07) is -2.06. The normalized spacial score (nSPS) is 15.2. The minimum Gasteiger partial charge on any atom is -0.480 e. The first-order chi connectivity index (χ1) is 13.6. The van der Waals surface area contributed by atoms with Crippen LogP contribution >= 0.6 is 7.37 Å². The third-order valence-electron chi connectivity index (χ3n) is 4.19. The number of hydrogen-bond donors (Lipinski definition) is 7. The molecule has 0 spiro atoms. The van der Waals surface area contributed by atoms with E-state index >= 15 is 0 Å². The molecule has 170 valence electrons. The second-order valence-electron chi connectivity index (χ2n) is 6.99. The molecule has 0 aromatic rings. The lowest BCUT2D eigenvalue weighted by molar-refractivity contribution is -0.138. The van der Waals surface area contributed by atoms with Crippen LogP contribution in [0.2, 0.25) is 0 Å². The third-order valence-corrected chi connectivity index (χ3v) is 5.86. The van der Waals surface area contributed by atoms with Crippen LogP contribution in [0.4, 0.5) is 0 Å². The second kappa shape index (κ2) is 15.3. The molecular formula is C17H36N5O6P. The van der Waals surface area contributed by atoms with Crippen LogP contribution in [0, 0.1) is 0 Å². The lowest BCUT2D eigenvalue weighted by Gasteiger charge is -2.17. The highest BCUT2D eigenvalue weighted by Gasteiger charge is 2.22. The highest BCUT2D eigenvalue weighted by atomic mass is 31.2. The zero-order valence-corrected chi connectivity index (χ0v) is 18.0. The van der Waals surface area contributed by atoms with Gasteiger partial charge in [-0.05, 0) is 58.7 Å². The van der Waals surface area contributed by atoms with Crippen molar-refractivity contribution in [1.82, 2.24) is 16.0 Å². The maximum absolute atomic E-state index is 12.1. The number of carboxylic acids is 1. The van der Waals surface area contributed by atoms with Crippen LogP contribution in [-0.2, 0) is 18.9 Å². The molecule has 0 saturated heterocycles. The summed E-state index contributed by atoms with van der Waals surface area (Å²) >= 11 is 0. The Morgan fingerprint density at radius 3 is 2.31 bits per heavy atom. The predicted molar refractivity (Wildman–Crippen MR) is 111 cm³/mol. The summed E-state index contributed by atoms with van der Waals surface area (Å²) in [4.78, 5) is 44.2. The van der Waals surface area contributed by atoms with Crippen LogP contribution in [0.25, 0.3) is 0 Å². The minimum atomic E-state index is -3.49. The van der Waals surface area contributed by atoms with Crippen molar-refractivity contribution in [2.45, 2.75) is 57.5 Å². The molecule has 2 amide bonds. The molecule has 0 aliphatic rings. The summed E-state index contributed by atoms with van der Waals surface area (Å²) < 4.78 is 12.1. The fraction of sp³-hybridized carbons (Fsp3) is 0.824. The highest BCUT2D eigenvalue weighted by molar-refractivity contribution is 7.57. The Balaban J connectivity index is 4.00. The summed E-state index contributed by atoms with van der Waals surface area (Å²) in [6.07, 6.45) is 2.84.